The first-order valence-corrected chi connectivity index (χ1v) is 6.04. The Morgan fingerprint density at radius 3 is 2.59 bits per heavy atom. The molecule has 2 rings (SSSR count). The molecule has 0 amide bonds. The van der Waals surface area contributed by atoms with Crippen LogP contribution in [0.2, 0.25) is 0 Å². The van der Waals surface area contributed by atoms with Crippen LogP contribution in [0.25, 0.3) is 0 Å². The first kappa shape index (κ1) is 12.4. The van der Waals surface area contributed by atoms with Gasteiger partial charge in [0, 0.05) is 0 Å². The van der Waals surface area contributed by atoms with E-state index in [-0.39, 0.29) is 12.2 Å². The van der Waals surface area contributed by atoms with Crippen molar-refractivity contribution < 1.29 is 4.74 Å². The second-order valence-electron chi connectivity index (χ2n) is 4.79. The molecule has 94 valence electrons. The third kappa shape index (κ3) is 2.77. The van der Waals surface area contributed by atoms with Gasteiger partial charge in [-0.15, -0.1) is 0 Å². The van der Waals surface area contributed by atoms with Crippen molar-refractivity contribution in [1.82, 2.24) is 10.9 Å². The first-order chi connectivity index (χ1) is 8.08. The molecule has 1 fully saturated rings. The second kappa shape index (κ2) is 5.04. The Morgan fingerprint density at radius 1 is 1.24 bits per heavy atom. The van der Waals surface area contributed by atoms with Gasteiger partial charge in [0.05, 0.1) is 12.2 Å². The molecule has 2 atom stereocenters. The molecule has 4 nitrogen and oxygen atoms in total. The average molecular weight is 235 g/mol. The van der Waals surface area contributed by atoms with E-state index in [2.05, 4.69) is 43.8 Å². The molecule has 0 saturated carbocycles. The molecule has 1 aromatic rings. The maximum Gasteiger partial charge on any atom is 0.125 e. The van der Waals surface area contributed by atoms with Crippen LogP contribution in [-0.2, 0) is 0 Å². The average Bonchev–Trinajstić information content (AvgIpc) is 2.70. The van der Waals surface area contributed by atoms with Gasteiger partial charge < -0.3 is 10.5 Å². The molecule has 4 N–H and O–H groups in total. The summed E-state index contributed by atoms with van der Waals surface area (Å²) in [6.45, 7) is 6.93. The molecule has 0 bridgehead atoms. The van der Waals surface area contributed by atoms with Gasteiger partial charge in [0.25, 0.3) is 0 Å². The molecule has 0 radical (unpaired) electrons. The van der Waals surface area contributed by atoms with E-state index in [1.807, 2.05) is 0 Å². The Hall–Kier alpha value is -1.10. The molecule has 1 aliphatic heterocycles. The Balaban J connectivity index is 2.01. The summed E-state index contributed by atoms with van der Waals surface area (Å²) in [7, 11) is 0. The molecule has 0 aromatic heterocycles. The lowest BCUT2D eigenvalue weighted by Gasteiger charge is -2.16. The van der Waals surface area contributed by atoms with E-state index in [1.165, 1.54) is 16.7 Å². The summed E-state index contributed by atoms with van der Waals surface area (Å²) in [5.41, 5.74) is 15.5. The van der Waals surface area contributed by atoms with Crippen molar-refractivity contribution in [3.8, 4) is 5.75 Å². The minimum absolute atomic E-state index is 0.0308. The van der Waals surface area contributed by atoms with Crippen LogP contribution in [0.4, 0.5) is 0 Å². The quantitative estimate of drug-likeness (QED) is 0.735. The van der Waals surface area contributed by atoms with Gasteiger partial charge in [-0.05, 0) is 43.9 Å². The summed E-state index contributed by atoms with van der Waals surface area (Å²) >= 11 is 0. The summed E-state index contributed by atoms with van der Waals surface area (Å²) < 4.78 is 5.92. The highest BCUT2D eigenvalue weighted by molar-refractivity contribution is 5.44. The largest absolute Gasteiger partial charge is 0.491 e. The summed E-state index contributed by atoms with van der Waals surface area (Å²) in [4.78, 5) is 0. The molecule has 0 aliphatic carbocycles. The number of benzene rings is 1. The molecule has 1 aromatic carbocycles. The van der Waals surface area contributed by atoms with E-state index >= 15 is 0 Å². The third-order valence-corrected chi connectivity index (χ3v) is 3.31. The molecule has 2 unspecified atom stereocenters. The van der Waals surface area contributed by atoms with Crippen LogP contribution in [0.15, 0.2) is 12.1 Å². The van der Waals surface area contributed by atoms with Crippen molar-refractivity contribution in [2.75, 3.05) is 6.61 Å². The van der Waals surface area contributed by atoms with Crippen LogP contribution in [0.1, 0.15) is 23.1 Å². The Bertz CT molecular complexity index is 406. The van der Waals surface area contributed by atoms with Crippen LogP contribution in [0, 0.1) is 20.8 Å². The Labute approximate surface area is 103 Å². The highest BCUT2D eigenvalue weighted by Crippen LogP contribution is 2.26. The van der Waals surface area contributed by atoms with Gasteiger partial charge >= 0.3 is 0 Å². The van der Waals surface area contributed by atoms with Crippen LogP contribution in [0.5, 0.6) is 5.75 Å². The van der Waals surface area contributed by atoms with Gasteiger partial charge in [0.2, 0.25) is 0 Å². The first-order valence-electron chi connectivity index (χ1n) is 6.04. The van der Waals surface area contributed by atoms with Crippen molar-refractivity contribution in [2.45, 2.75) is 39.4 Å². The van der Waals surface area contributed by atoms with Crippen LogP contribution in [0.3, 0.4) is 0 Å². The van der Waals surface area contributed by atoms with E-state index in [1.54, 1.807) is 0 Å². The lowest BCUT2D eigenvalue weighted by Crippen LogP contribution is -2.38. The van der Waals surface area contributed by atoms with Crippen LogP contribution in [-0.4, -0.2) is 18.8 Å². The van der Waals surface area contributed by atoms with Crippen LogP contribution >= 0.6 is 0 Å². The Morgan fingerprint density at radius 2 is 1.94 bits per heavy atom. The topological polar surface area (TPSA) is 59.3 Å². The number of rotatable bonds is 3. The zero-order valence-electron chi connectivity index (χ0n) is 10.7. The Kier molecular flexibility index (Phi) is 3.66. The van der Waals surface area contributed by atoms with E-state index in [0.29, 0.717) is 6.61 Å². The number of ether oxygens (including phenoxy) is 1. The molecular weight excluding hydrogens is 214 g/mol. The molecule has 1 saturated heterocycles. The zero-order chi connectivity index (χ0) is 12.4. The van der Waals surface area contributed by atoms with E-state index < -0.39 is 0 Å². The monoisotopic (exact) mass is 235 g/mol. The fourth-order valence-electron chi connectivity index (χ4n) is 2.09. The maximum absolute atomic E-state index is 5.92. The zero-order valence-corrected chi connectivity index (χ0v) is 10.7. The maximum atomic E-state index is 5.92. The molecular formula is C13H21N3O. The predicted molar refractivity (Wildman–Crippen MR) is 68.8 cm³/mol. The fraction of sp³-hybridized carbons (Fsp3) is 0.538. The van der Waals surface area contributed by atoms with Crippen molar-refractivity contribution in [3.63, 3.8) is 0 Å². The highest BCUT2D eigenvalue weighted by Gasteiger charge is 2.21. The summed E-state index contributed by atoms with van der Waals surface area (Å²) in [6, 6.07) is 4.51. The standard InChI is InChI=1S/C13H21N3O/c1-8-4-5-9(2)13(10(8)3)17-7-11-6-12(14)16-15-11/h4-5,11-12,15-16H,6-7,14H2,1-3H3. The third-order valence-electron chi connectivity index (χ3n) is 3.31. The predicted octanol–water partition coefficient (Wildman–Crippen LogP) is 1.14. The van der Waals surface area contributed by atoms with Gasteiger partial charge in [-0.2, -0.15) is 0 Å². The molecule has 1 aliphatic rings. The highest BCUT2D eigenvalue weighted by atomic mass is 16.5. The summed E-state index contributed by atoms with van der Waals surface area (Å²) in [5, 5.41) is 0. The lowest BCUT2D eigenvalue weighted by molar-refractivity contribution is 0.269. The smallest absolute Gasteiger partial charge is 0.125 e. The van der Waals surface area contributed by atoms with Crippen molar-refractivity contribution in [1.29, 1.82) is 0 Å². The fourth-order valence-corrected chi connectivity index (χ4v) is 2.09. The number of hydrogen-bond donors (Lipinski definition) is 3. The number of aryl methyl sites for hydroxylation is 2. The van der Waals surface area contributed by atoms with Crippen molar-refractivity contribution in [3.05, 3.63) is 28.8 Å². The SMILES string of the molecule is Cc1ccc(C)c(OCC2CC(N)NN2)c1C. The number of nitrogens with two attached hydrogens (primary N) is 1. The van der Waals surface area contributed by atoms with Crippen molar-refractivity contribution in [2.24, 2.45) is 5.73 Å². The minimum atomic E-state index is 0.0308. The summed E-state index contributed by atoms with van der Waals surface area (Å²) in [6.07, 6.45) is 0.924. The van der Waals surface area contributed by atoms with Crippen LogP contribution < -0.4 is 21.3 Å². The van der Waals surface area contributed by atoms with Gasteiger partial charge in [-0.1, -0.05) is 12.1 Å². The molecule has 0 spiro atoms. The van der Waals surface area contributed by atoms with Gasteiger partial charge in [0.15, 0.2) is 0 Å². The summed E-state index contributed by atoms with van der Waals surface area (Å²) in [5.74, 6) is 1.01. The molecule has 4 heteroatoms. The van der Waals surface area contributed by atoms with E-state index in [9.17, 15) is 0 Å². The van der Waals surface area contributed by atoms with Gasteiger partial charge in [0.1, 0.15) is 12.4 Å². The van der Waals surface area contributed by atoms with Crippen molar-refractivity contribution >= 4 is 0 Å². The van der Waals surface area contributed by atoms with Gasteiger partial charge in [-0.25, -0.2) is 10.9 Å². The second-order valence-corrected chi connectivity index (χ2v) is 4.79. The van der Waals surface area contributed by atoms with E-state index in [0.717, 1.165) is 12.2 Å². The number of hydrazine groups is 1. The normalized spacial score (nSPS) is 24.0. The van der Waals surface area contributed by atoms with Gasteiger partial charge in [-0.3, -0.25) is 0 Å². The molecule has 17 heavy (non-hydrogen) atoms. The minimum Gasteiger partial charge on any atom is -0.491 e. The number of hydrogen-bond acceptors (Lipinski definition) is 4. The lowest BCUT2D eigenvalue weighted by atomic mass is 10.1. The van der Waals surface area contributed by atoms with E-state index in [4.69, 9.17) is 10.5 Å². The number of nitrogens with one attached hydrogen (secondary N) is 2. The molecule has 1 heterocycles.